The highest BCUT2D eigenvalue weighted by atomic mass is 35.5. The van der Waals surface area contributed by atoms with Crippen LogP contribution in [0.2, 0.25) is 5.02 Å². The van der Waals surface area contributed by atoms with E-state index in [9.17, 15) is 4.79 Å². The van der Waals surface area contributed by atoms with Gasteiger partial charge in [-0.2, -0.15) is 5.26 Å². The lowest BCUT2D eigenvalue weighted by Crippen LogP contribution is -2.21. The van der Waals surface area contributed by atoms with Gasteiger partial charge >= 0.3 is 5.91 Å². The van der Waals surface area contributed by atoms with Crippen molar-refractivity contribution < 1.29 is 9.53 Å². The molecule has 0 saturated heterocycles. The van der Waals surface area contributed by atoms with Gasteiger partial charge < -0.3 is 10.1 Å². The molecule has 0 aliphatic heterocycles. The van der Waals surface area contributed by atoms with Crippen molar-refractivity contribution in [1.29, 1.82) is 5.26 Å². The van der Waals surface area contributed by atoms with Crippen LogP contribution in [-0.2, 0) is 11.3 Å². The maximum atomic E-state index is 10.8. The van der Waals surface area contributed by atoms with E-state index in [2.05, 4.69) is 5.32 Å². The third-order valence-corrected chi connectivity index (χ3v) is 2.28. The zero-order valence-corrected chi connectivity index (χ0v) is 9.76. The molecule has 1 rings (SSSR count). The van der Waals surface area contributed by atoms with Gasteiger partial charge in [-0.05, 0) is 24.6 Å². The summed E-state index contributed by atoms with van der Waals surface area (Å²) in [5.41, 5.74) is 1.63. The number of aryl methyl sites for hydroxylation is 1. The van der Waals surface area contributed by atoms with Crippen LogP contribution in [0.25, 0.3) is 0 Å². The average Bonchev–Trinajstić information content (AvgIpc) is 2.25. The standard InChI is InChI=1S/C11H11ClN2O2/c1-7-3-9(12)4-8(11(7)16-2)6-14-10(15)5-13/h3-4H,6H2,1-2H3,(H,14,15). The minimum Gasteiger partial charge on any atom is -0.496 e. The molecule has 0 atom stereocenters. The summed E-state index contributed by atoms with van der Waals surface area (Å²) in [5.74, 6) is -0.0117. The Bertz CT molecular complexity index is 452. The summed E-state index contributed by atoms with van der Waals surface area (Å²) in [4.78, 5) is 10.8. The number of benzene rings is 1. The predicted molar refractivity (Wildman–Crippen MR) is 60.2 cm³/mol. The van der Waals surface area contributed by atoms with Gasteiger partial charge in [0.25, 0.3) is 0 Å². The van der Waals surface area contributed by atoms with Gasteiger partial charge in [0.15, 0.2) is 6.07 Å². The second-order valence-corrected chi connectivity index (χ2v) is 3.65. The van der Waals surface area contributed by atoms with Crippen LogP contribution >= 0.6 is 11.6 Å². The summed E-state index contributed by atoms with van der Waals surface area (Å²) < 4.78 is 5.20. The van der Waals surface area contributed by atoms with Crippen molar-refractivity contribution in [3.8, 4) is 11.8 Å². The quantitative estimate of drug-likeness (QED) is 0.817. The molecule has 0 saturated carbocycles. The van der Waals surface area contributed by atoms with E-state index in [-0.39, 0.29) is 6.54 Å². The fourth-order valence-electron chi connectivity index (χ4n) is 1.44. The molecule has 1 N–H and O–H groups in total. The number of carbonyl (C=O) groups excluding carboxylic acids is 1. The monoisotopic (exact) mass is 238 g/mol. The number of nitriles is 1. The first-order chi connectivity index (χ1) is 7.58. The van der Waals surface area contributed by atoms with E-state index in [4.69, 9.17) is 21.6 Å². The number of hydrogen-bond donors (Lipinski definition) is 1. The van der Waals surface area contributed by atoms with Crippen LogP contribution in [0, 0.1) is 18.3 Å². The van der Waals surface area contributed by atoms with Gasteiger partial charge in [-0.1, -0.05) is 11.6 Å². The fraction of sp³-hybridized carbons (Fsp3) is 0.273. The van der Waals surface area contributed by atoms with Crippen molar-refractivity contribution in [3.05, 3.63) is 28.3 Å². The Kier molecular flexibility index (Phi) is 4.15. The second kappa shape index (κ2) is 5.38. The molecule has 0 heterocycles. The number of nitrogens with one attached hydrogen (secondary N) is 1. The van der Waals surface area contributed by atoms with E-state index < -0.39 is 5.91 Å². The van der Waals surface area contributed by atoms with Gasteiger partial charge in [-0.15, -0.1) is 0 Å². The highest BCUT2D eigenvalue weighted by molar-refractivity contribution is 6.30. The first-order valence-corrected chi connectivity index (χ1v) is 4.97. The first kappa shape index (κ1) is 12.3. The van der Waals surface area contributed by atoms with Crippen LogP contribution < -0.4 is 10.1 Å². The van der Waals surface area contributed by atoms with Crippen molar-refractivity contribution in [1.82, 2.24) is 5.32 Å². The molecule has 0 spiro atoms. The normalized spacial score (nSPS) is 9.38. The number of halogens is 1. The number of rotatable bonds is 3. The Hall–Kier alpha value is -1.73. The maximum absolute atomic E-state index is 10.8. The summed E-state index contributed by atoms with van der Waals surface area (Å²) >= 11 is 5.89. The molecule has 0 unspecified atom stereocenters. The third-order valence-electron chi connectivity index (χ3n) is 2.06. The number of hydrogen-bond acceptors (Lipinski definition) is 3. The van der Waals surface area contributed by atoms with E-state index in [1.807, 2.05) is 6.92 Å². The van der Waals surface area contributed by atoms with E-state index >= 15 is 0 Å². The Morgan fingerprint density at radius 2 is 2.31 bits per heavy atom. The molecular formula is C11H11ClN2O2. The molecule has 4 nitrogen and oxygen atoms in total. The molecule has 1 aromatic carbocycles. The topological polar surface area (TPSA) is 62.1 Å². The maximum Gasteiger partial charge on any atom is 0.322 e. The van der Waals surface area contributed by atoms with Crippen LogP contribution in [0.4, 0.5) is 0 Å². The van der Waals surface area contributed by atoms with Crippen molar-refractivity contribution in [2.24, 2.45) is 0 Å². The summed E-state index contributed by atoms with van der Waals surface area (Å²) in [6.07, 6.45) is 0. The predicted octanol–water partition coefficient (Wildman–Crippen LogP) is 1.80. The van der Waals surface area contributed by atoms with Crippen LogP contribution in [0.5, 0.6) is 5.75 Å². The fourth-order valence-corrected chi connectivity index (χ4v) is 1.73. The van der Waals surface area contributed by atoms with Crippen LogP contribution in [-0.4, -0.2) is 13.0 Å². The van der Waals surface area contributed by atoms with E-state index in [0.29, 0.717) is 10.8 Å². The highest BCUT2D eigenvalue weighted by Crippen LogP contribution is 2.27. The van der Waals surface area contributed by atoms with Gasteiger partial charge in [0.1, 0.15) is 5.75 Å². The summed E-state index contributed by atoms with van der Waals surface area (Å²) in [7, 11) is 1.55. The number of ether oxygens (including phenoxy) is 1. The lowest BCUT2D eigenvalue weighted by molar-refractivity contribution is -0.116. The van der Waals surface area contributed by atoms with E-state index in [1.165, 1.54) is 6.07 Å². The molecule has 0 aromatic heterocycles. The molecule has 0 radical (unpaired) electrons. The largest absolute Gasteiger partial charge is 0.496 e. The molecular weight excluding hydrogens is 228 g/mol. The van der Waals surface area contributed by atoms with Crippen LogP contribution in [0.3, 0.4) is 0 Å². The van der Waals surface area contributed by atoms with Crippen molar-refractivity contribution in [2.45, 2.75) is 13.5 Å². The second-order valence-electron chi connectivity index (χ2n) is 3.21. The molecule has 0 aliphatic rings. The smallest absolute Gasteiger partial charge is 0.322 e. The molecule has 5 heteroatoms. The van der Waals surface area contributed by atoms with Crippen LogP contribution in [0.1, 0.15) is 11.1 Å². The SMILES string of the molecule is COc1c(C)cc(Cl)cc1CNC(=O)C#N. The van der Waals surface area contributed by atoms with Crippen molar-refractivity contribution in [3.63, 3.8) is 0 Å². The Morgan fingerprint density at radius 1 is 1.62 bits per heavy atom. The van der Waals surface area contributed by atoms with Crippen molar-refractivity contribution in [2.75, 3.05) is 7.11 Å². The lowest BCUT2D eigenvalue weighted by Gasteiger charge is -2.11. The molecule has 1 aromatic rings. The average molecular weight is 239 g/mol. The number of carbonyl (C=O) groups is 1. The van der Waals surface area contributed by atoms with E-state index in [0.717, 1.165) is 11.1 Å². The zero-order valence-electron chi connectivity index (χ0n) is 9.00. The number of amides is 1. The van der Waals surface area contributed by atoms with Gasteiger partial charge in [0, 0.05) is 17.1 Å². The Labute approximate surface area is 98.8 Å². The molecule has 1 amide bonds. The molecule has 0 bridgehead atoms. The Balaban J connectivity index is 2.94. The number of methoxy groups -OCH3 is 1. The zero-order chi connectivity index (χ0) is 12.1. The van der Waals surface area contributed by atoms with E-state index in [1.54, 1.807) is 19.2 Å². The minimum atomic E-state index is -0.681. The van der Waals surface area contributed by atoms with Gasteiger partial charge in [-0.3, -0.25) is 4.79 Å². The first-order valence-electron chi connectivity index (χ1n) is 4.59. The van der Waals surface area contributed by atoms with Crippen LogP contribution in [0.15, 0.2) is 12.1 Å². The highest BCUT2D eigenvalue weighted by Gasteiger charge is 2.09. The van der Waals surface area contributed by atoms with Crippen molar-refractivity contribution >= 4 is 17.5 Å². The number of nitrogens with zero attached hydrogens (tertiary/aromatic N) is 1. The molecule has 0 fully saturated rings. The summed E-state index contributed by atoms with van der Waals surface area (Å²) in [6.45, 7) is 2.08. The molecule has 84 valence electrons. The third kappa shape index (κ3) is 2.88. The Morgan fingerprint density at radius 3 is 2.88 bits per heavy atom. The van der Waals surface area contributed by atoms with Gasteiger partial charge in [0.2, 0.25) is 0 Å². The lowest BCUT2D eigenvalue weighted by atomic mass is 10.1. The summed E-state index contributed by atoms with van der Waals surface area (Å²) in [6, 6.07) is 4.95. The summed E-state index contributed by atoms with van der Waals surface area (Å²) in [5, 5.41) is 11.3. The van der Waals surface area contributed by atoms with Gasteiger partial charge in [0.05, 0.1) is 7.11 Å². The minimum absolute atomic E-state index is 0.219. The molecule has 0 aliphatic carbocycles. The van der Waals surface area contributed by atoms with Gasteiger partial charge in [-0.25, -0.2) is 0 Å². The molecule has 16 heavy (non-hydrogen) atoms.